The summed E-state index contributed by atoms with van der Waals surface area (Å²) in [6, 6.07) is 17.1. The standard InChI is InChI=1S/C20H22N2O5.C11H14O3.C9H12N2O3.C9H10O2.C3H4O3/c1-11-7-13(8-12(2)18(11)27-6-5-23)19-21-15-9-14(25-3)10-16(26-4)17(15)20(24)22-19;1-8-5-10(7-13)6-9(2)11(8)14-4-3-12;1-13-5-3-6(10)8(9(11)12)7(4-5)14-2;1-6-3-8(5-10)4-7(2)9(6)11;4-3-5-1-2-6-3/h7-10,23H,5-6H2,1-4H3,(H,21,22,24);5-7,12H,3-4H2,1-2H3;3-4H,10H2,1-2H3,(H2,11,12);3-5,11H,1-2H3;1-2H2. The molecule has 20 nitrogen and oxygen atoms in total. The Kier molecular flexibility index (Phi) is 22.8. The number of rotatable bonds is 14. The van der Waals surface area contributed by atoms with Gasteiger partial charge in [0.1, 0.15) is 96.0 Å². The van der Waals surface area contributed by atoms with Crippen LogP contribution in [0.25, 0.3) is 22.3 Å². The van der Waals surface area contributed by atoms with Crippen molar-refractivity contribution in [3.8, 4) is 51.6 Å². The number of hydrogen-bond donors (Lipinski definition) is 6. The van der Waals surface area contributed by atoms with Crippen LogP contribution in [-0.4, -0.2) is 118 Å². The number of phenolic OH excluding ortho intramolecular Hbond substituents is 1. The molecule has 5 aromatic carbocycles. The number of aliphatic hydroxyl groups is 2. The van der Waals surface area contributed by atoms with Gasteiger partial charge in [-0.15, -0.1) is 0 Å². The molecule has 7 rings (SSSR count). The number of aliphatic hydroxyl groups excluding tert-OH is 2. The van der Waals surface area contributed by atoms with Gasteiger partial charge in [0.2, 0.25) is 0 Å². The highest BCUT2D eigenvalue weighted by molar-refractivity contribution is 6.01. The smallest absolute Gasteiger partial charge is 0.507 e. The average molecular weight is 999 g/mol. The molecule has 1 aliphatic heterocycles. The number of aromatic nitrogens is 2. The van der Waals surface area contributed by atoms with E-state index in [1.807, 2.05) is 39.8 Å². The van der Waals surface area contributed by atoms with Crippen molar-refractivity contribution in [1.82, 2.24) is 9.97 Å². The lowest BCUT2D eigenvalue weighted by molar-refractivity contribution is 0.0997. The first-order chi connectivity index (χ1) is 34.3. The van der Waals surface area contributed by atoms with Gasteiger partial charge in [-0.3, -0.25) is 19.2 Å². The van der Waals surface area contributed by atoms with Crippen LogP contribution in [0.1, 0.15) is 64.5 Å². The largest absolute Gasteiger partial charge is 0.508 e. The third-order valence-electron chi connectivity index (χ3n) is 10.2. The number of cyclic esters (lactones) is 2. The van der Waals surface area contributed by atoms with Gasteiger partial charge < -0.3 is 69.7 Å². The summed E-state index contributed by atoms with van der Waals surface area (Å²) in [4.78, 5) is 61.8. The third kappa shape index (κ3) is 16.1. The molecule has 1 fully saturated rings. The Morgan fingerprint density at radius 3 is 1.51 bits per heavy atom. The molecule has 1 aromatic heterocycles. The summed E-state index contributed by atoms with van der Waals surface area (Å²) < 4.78 is 40.0. The van der Waals surface area contributed by atoms with Crippen LogP contribution < -0.4 is 45.4 Å². The molecule has 386 valence electrons. The Bertz CT molecular complexity index is 2820. The van der Waals surface area contributed by atoms with Crippen molar-refractivity contribution >= 4 is 41.2 Å². The number of methoxy groups -OCH3 is 4. The molecule has 0 radical (unpaired) electrons. The molecule has 0 unspecified atom stereocenters. The van der Waals surface area contributed by atoms with Crippen LogP contribution in [0.3, 0.4) is 0 Å². The number of phenols is 1. The van der Waals surface area contributed by atoms with E-state index in [4.69, 9.17) is 50.1 Å². The van der Waals surface area contributed by atoms with Crippen molar-refractivity contribution in [2.45, 2.75) is 41.5 Å². The number of benzene rings is 5. The van der Waals surface area contributed by atoms with E-state index >= 15 is 0 Å². The van der Waals surface area contributed by atoms with Gasteiger partial charge in [0.15, 0.2) is 0 Å². The Balaban J connectivity index is 0.000000259. The number of fused-ring (bicyclic) bond motifs is 1. The van der Waals surface area contributed by atoms with Crippen LogP contribution in [0, 0.1) is 41.5 Å². The number of nitrogens with one attached hydrogen (secondary N) is 1. The van der Waals surface area contributed by atoms with Crippen LogP contribution in [-0.2, 0) is 9.47 Å². The molecule has 2 heterocycles. The van der Waals surface area contributed by atoms with Gasteiger partial charge in [-0.2, -0.15) is 0 Å². The van der Waals surface area contributed by atoms with E-state index in [1.54, 1.807) is 63.4 Å². The predicted molar refractivity (Wildman–Crippen MR) is 270 cm³/mol. The minimum absolute atomic E-state index is 0.00564. The maximum Gasteiger partial charge on any atom is 0.508 e. The van der Waals surface area contributed by atoms with Crippen molar-refractivity contribution in [3.05, 3.63) is 121 Å². The number of aromatic hydroxyl groups is 1. The Morgan fingerprint density at radius 1 is 0.667 bits per heavy atom. The summed E-state index contributed by atoms with van der Waals surface area (Å²) in [5.41, 5.74) is 18.5. The van der Waals surface area contributed by atoms with Crippen LogP contribution in [0.4, 0.5) is 10.5 Å². The maximum absolute atomic E-state index is 12.7. The molecular weight excluding hydrogens is 937 g/mol. The number of nitrogen functional groups attached to an aromatic ring is 1. The molecule has 8 N–H and O–H groups in total. The van der Waals surface area contributed by atoms with Crippen LogP contribution >= 0.6 is 0 Å². The fourth-order valence-corrected chi connectivity index (χ4v) is 7.02. The quantitative estimate of drug-likeness (QED) is 0.0388. The zero-order chi connectivity index (χ0) is 53.7. The fourth-order valence-electron chi connectivity index (χ4n) is 7.02. The Morgan fingerprint density at radius 2 is 1.11 bits per heavy atom. The van der Waals surface area contributed by atoms with E-state index in [0.29, 0.717) is 64.1 Å². The maximum atomic E-state index is 12.7. The zero-order valence-corrected chi connectivity index (χ0v) is 41.9. The number of carbonyl (C=O) groups excluding carboxylic acids is 4. The first kappa shape index (κ1) is 58.0. The van der Waals surface area contributed by atoms with Gasteiger partial charge in [0.25, 0.3) is 11.5 Å². The predicted octanol–water partition coefficient (Wildman–Crippen LogP) is 6.44. The highest BCUT2D eigenvalue weighted by atomic mass is 16.8. The second-order valence-corrected chi connectivity index (χ2v) is 15.5. The minimum atomic E-state index is -0.623. The average Bonchev–Trinajstić information content (AvgIpc) is 3.85. The van der Waals surface area contributed by atoms with Gasteiger partial charge in [0, 0.05) is 41.0 Å². The van der Waals surface area contributed by atoms with Crippen molar-refractivity contribution in [3.63, 3.8) is 0 Å². The summed E-state index contributed by atoms with van der Waals surface area (Å²) in [5.74, 6) is 3.37. The molecular formula is C52H62N4O16. The summed E-state index contributed by atoms with van der Waals surface area (Å²) in [5, 5.41) is 27.3. The first-order valence-corrected chi connectivity index (χ1v) is 22.0. The second-order valence-electron chi connectivity index (χ2n) is 15.5. The zero-order valence-electron chi connectivity index (χ0n) is 41.9. The number of hydrogen-bond acceptors (Lipinski definition) is 18. The molecule has 0 aliphatic carbocycles. The van der Waals surface area contributed by atoms with Crippen LogP contribution in [0.2, 0.25) is 0 Å². The Labute approximate surface area is 416 Å². The molecule has 1 aliphatic rings. The number of nitrogens with two attached hydrogens (primary N) is 2. The van der Waals surface area contributed by atoms with E-state index in [0.717, 1.165) is 63.0 Å². The van der Waals surface area contributed by atoms with Crippen molar-refractivity contribution < 1.29 is 72.4 Å². The summed E-state index contributed by atoms with van der Waals surface area (Å²) in [7, 11) is 5.98. The van der Waals surface area contributed by atoms with Gasteiger partial charge in [-0.1, -0.05) is 0 Å². The van der Waals surface area contributed by atoms with Crippen LogP contribution in [0.15, 0.2) is 65.5 Å². The Hall–Kier alpha value is -8.36. The van der Waals surface area contributed by atoms with Gasteiger partial charge in [-0.05, 0) is 111 Å². The molecule has 1 saturated heterocycles. The summed E-state index contributed by atoms with van der Waals surface area (Å²) >= 11 is 0. The van der Waals surface area contributed by atoms with E-state index in [-0.39, 0.29) is 49.0 Å². The molecule has 20 heteroatoms. The number of anilines is 1. The second kappa shape index (κ2) is 28.3. The molecule has 0 saturated carbocycles. The number of H-pyrrole nitrogens is 1. The summed E-state index contributed by atoms with van der Waals surface area (Å²) in [6.45, 7) is 12.4. The SMILES string of the molecule is COc1cc(N)c(C(N)=O)c(OC)c1.COc1cc(OC)c2c(=O)[nH]c(-c3cc(C)c(OCCO)c(C)c3)nc2c1.Cc1cc(C=O)cc(C)c1O.Cc1cc(C=O)cc(C)c1OCCO.O=C1OCCO1. The topological polar surface area (TPSA) is 301 Å². The number of aldehydes is 2. The number of primary amides is 1. The molecule has 6 aromatic rings. The normalized spacial score (nSPS) is 11.0. The molecule has 1 amide bonds. The van der Waals surface area contributed by atoms with Crippen molar-refractivity contribution in [2.24, 2.45) is 5.73 Å². The van der Waals surface area contributed by atoms with Gasteiger partial charge in [-0.25, -0.2) is 9.78 Å². The summed E-state index contributed by atoms with van der Waals surface area (Å²) in [6.07, 6.45) is 1.05. The van der Waals surface area contributed by atoms with Gasteiger partial charge >= 0.3 is 6.16 Å². The lowest BCUT2D eigenvalue weighted by atomic mass is 10.0. The van der Waals surface area contributed by atoms with Crippen LogP contribution in [0.5, 0.6) is 40.2 Å². The third-order valence-corrected chi connectivity index (χ3v) is 10.2. The minimum Gasteiger partial charge on any atom is -0.507 e. The number of aromatic amines is 1. The molecule has 0 atom stereocenters. The fraction of sp³-hybridized carbons (Fsp3) is 0.308. The van der Waals surface area contributed by atoms with E-state index in [1.165, 1.54) is 27.4 Å². The van der Waals surface area contributed by atoms with E-state index < -0.39 is 12.1 Å². The first-order valence-electron chi connectivity index (χ1n) is 22.0. The van der Waals surface area contributed by atoms with E-state index in [9.17, 15) is 29.1 Å². The number of ether oxygens (including phenoxy) is 8. The molecule has 72 heavy (non-hydrogen) atoms. The monoisotopic (exact) mass is 998 g/mol. The van der Waals surface area contributed by atoms with Crippen molar-refractivity contribution in [1.29, 1.82) is 0 Å². The lowest BCUT2D eigenvalue weighted by Crippen LogP contribution is -2.15. The number of nitrogens with zero attached hydrogens (tertiary/aromatic N) is 1. The number of carbonyl (C=O) groups is 4. The van der Waals surface area contributed by atoms with Gasteiger partial charge in [0.05, 0.1) is 52.9 Å². The van der Waals surface area contributed by atoms with Crippen molar-refractivity contribution in [2.75, 3.05) is 73.8 Å². The lowest BCUT2D eigenvalue weighted by Gasteiger charge is -2.14. The molecule has 0 bridgehead atoms. The highest BCUT2D eigenvalue weighted by Gasteiger charge is 2.17. The number of aryl methyl sites for hydroxylation is 6. The van der Waals surface area contributed by atoms with E-state index in [2.05, 4.69) is 19.4 Å². The highest BCUT2D eigenvalue weighted by Crippen LogP contribution is 2.33. The molecule has 0 spiro atoms. The number of amides is 1.